The molecule has 0 atom stereocenters. The van der Waals surface area contributed by atoms with Gasteiger partial charge in [-0.25, -0.2) is 9.37 Å². The van der Waals surface area contributed by atoms with Crippen molar-refractivity contribution in [1.29, 1.82) is 0 Å². The molecule has 0 bridgehead atoms. The van der Waals surface area contributed by atoms with Crippen LogP contribution in [0.25, 0.3) is 11.0 Å². The lowest BCUT2D eigenvalue weighted by atomic mass is 10.3. The predicted molar refractivity (Wildman–Crippen MR) is 48.8 cm³/mol. The second-order valence-electron chi connectivity index (χ2n) is 2.21. The van der Waals surface area contributed by atoms with E-state index in [4.69, 9.17) is 0 Å². The molecule has 2 nitrogen and oxygen atoms in total. The van der Waals surface area contributed by atoms with E-state index >= 15 is 0 Å². The van der Waals surface area contributed by atoms with Crippen LogP contribution < -0.4 is 0 Å². The summed E-state index contributed by atoms with van der Waals surface area (Å²) in [6.45, 7) is 0. The van der Waals surface area contributed by atoms with Gasteiger partial charge < -0.3 is 4.98 Å². The summed E-state index contributed by atoms with van der Waals surface area (Å²) in [6, 6.07) is 3.31. The molecule has 1 N–H and O–H groups in total. The van der Waals surface area contributed by atoms with Crippen LogP contribution in [0.4, 0.5) is 4.39 Å². The number of H-pyrrole nitrogens is 1. The number of nitrogens with zero attached hydrogens (tertiary/aromatic N) is 1. The summed E-state index contributed by atoms with van der Waals surface area (Å²) < 4.78 is 13.5. The number of aromatic nitrogens is 2. The Morgan fingerprint density at radius 3 is 3.09 bits per heavy atom. The summed E-state index contributed by atoms with van der Waals surface area (Å²) in [5, 5.41) is 0.814. The molecular formula is C7H4FIN2. The summed E-state index contributed by atoms with van der Waals surface area (Å²) in [7, 11) is 0. The third-order valence-corrected chi connectivity index (χ3v) is 1.98. The largest absolute Gasteiger partial charge is 0.335 e. The SMILES string of the molecule is Fc1cnc2[nH]c(I)cc2c1. The first kappa shape index (κ1) is 7.02. The van der Waals surface area contributed by atoms with Crippen molar-refractivity contribution in [3.8, 4) is 0 Å². The topological polar surface area (TPSA) is 28.7 Å². The minimum atomic E-state index is -0.298. The normalized spacial score (nSPS) is 10.7. The van der Waals surface area contributed by atoms with Crippen molar-refractivity contribution in [2.75, 3.05) is 0 Å². The van der Waals surface area contributed by atoms with E-state index in [-0.39, 0.29) is 5.82 Å². The predicted octanol–water partition coefficient (Wildman–Crippen LogP) is 2.31. The van der Waals surface area contributed by atoms with E-state index in [0.29, 0.717) is 0 Å². The molecule has 0 fully saturated rings. The van der Waals surface area contributed by atoms with E-state index in [1.807, 2.05) is 6.07 Å². The third-order valence-electron chi connectivity index (χ3n) is 1.40. The standard InChI is InChI=1S/C7H4FIN2/c8-5-1-4-2-6(9)11-7(4)10-3-5/h1-3H,(H,10,11). The van der Waals surface area contributed by atoms with Crippen molar-refractivity contribution in [3.63, 3.8) is 0 Å². The maximum atomic E-state index is 12.6. The van der Waals surface area contributed by atoms with Crippen LogP contribution in [0.5, 0.6) is 0 Å². The highest BCUT2D eigenvalue weighted by Crippen LogP contribution is 2.14. The van der Waals surface area contributed by atoms with Gasteiger partial charge >= 0.3 is 0 Å². The van der Waals surface area contributed by atoms with Gasteiger partial charge in [0.05, 0.1) is 9.90 Å². The van der Waals surface area contributed by atoms with Crippen LogP contribution in [-0.2, 0) is 0 Å². The molecule has 2 rings (SSSR count). The van der Waals surface area contributed by atoms with Crippen molar-refractivity contribution >= 4 is 33.6 Å². The molecule has 0 amide bonds. The maximum absolute atomic E-state index is 12.6. The number of aromatic amines is 1. The molecule has 0 aliphatic rings. The second kappa shape index (κ2) is 2.44. The molecule has 2 aromatic rings. The minimum Gasteiger partial charge on any atom is -0.335 e. The molecule has 0 saturated carbocycles. The average Bonchev–Trinajstić information content (AvgIpc) is 2.27. The summed E-state index contributed by atoms with van der Waals surface area (Å²) >= 11 is 2.13. The Balaban J connectivity index is 2.82. The lowest BCUT2D eigenvalue weighted by Gasteiger charge is -1.86. The van der Waals surface area contributed by atoms with Crippen molar-refractivity contribution in [3.05, 3.63) is 27.8 Å². The van der Waals surface area contributed by atoms with E-state index < -0.39 is 0 Å². The summed E-state index contributed by atoms with van der Waals surface area (Å²) in [4.78, 5) is 6.86. The highest BCUT2D eigenvalue weighted by atomic mass is 127. The first-order chi connectivity index (χ1) is 5.25. The van der Waals surface area contributed by atoms with E-state index in [2.05, 4.69) is 32.6 Å². The molecule has 0 saturated heterocycles. The molecule has 2 aromatic heterocycles. The molecule has 0 radical (unpaired) electrons. The Bertz CT molecular complexity index is 396. The van der Waals surface area contributed by atoms with Crippen LogP contribution in [0.3, 0.4) is 0 Å². The first-order valence-corrected chi connectivity index (χ1v) is 4.13. The van der Waals surface area contributed by atoms with Gasteiger partial charge in [-0.05, 0) is 34.7 Å². The molecular weight excluding hydrogens is 258 g/mol. The van der Waals surface area contributed by atoms with Crippen LogP contribution in [0, 0.1) is 9.52 Å². The highest BCUT2D eigenvalue weighted by Gasteiger charge is 1.99. The van der Waals surface area contributed by atoms with Crippen molar-refractivity contribution in [2.45, 2.75) is 0 Å². The summed E-state index contributed by atoms with van der Waals surface area (Å²) in [5.41, 5.74) is 0.732. The van der Waals surface area contributed by atoms with Gasteiger partial charge in [0.15, 0.2) is 0 Å². The van der Waals surface area contributed by atoms with Crippen molar-refractivity contribution in [2.24, 2.45) is 0 Å². The third kappa shape index (κ3) is 1.22. The zero-order valence-corrected chi connectivity index (χ0v) is 7.59. The Labute approximate surface area is 76.0 Å². The monoisotopic (exact) mass is 262 g/mol. The Morgan fingerprint density at radius 1 is 1.45 bits per heavy atom. The second-order valence-corrected chi connectivity index (χ2v) is 3.37. The molecule has 11 heavy (non-hydrogen) atoms. The molecule has 0 aliphatic heterocycles. The Hall–Kier alpha value is -0.650. The van der Waals surface area contributed by atoms with E-state index in [0.717, 1.165) is 14.7 Å². The van der Waals surface area contributed by atoms with E-state index in [1.165, 1.54) is 12.3 Å². The minimum absolute atomic E-state index is 0.298. The van der Waals surface area contributed by atoms with Crippen LogP contribution in [0.1, 0.15) is 0 Å². The number of hydrogen-bond donors (Lipinski definition) is 1. The fourth-order valence-electron chi connectivity index (χ4n) is 0.955. The van der Waals surface area contributed by atoms with Crippen LogP contribution in [-0.4, -0.2) is 9.97 Å². The van der Waals surface area contributed by atoms with Crippen molar-refractivity contribution in [1.82, 2.24) is 9.97 Å². The fourth-order valence-corrected chi connectivity index (χ4v) is 1.55. The number of rotatable bonds is 0. The smallest absolute Gasteiger partial charge is 0.142 e. The maximum Gasteiger partial charge on any atom is 0.142 e. The first-order valence-electron chi connectivity index (χ1n) is 3.05. The molecule has 56 valence electrons. The number of halogens is 2. The molecule has 0 spiro atoms. The van der Waals surface area contributed by atoms with Gasteiger partial charge in [-0.2, -0.15) is 0 Å². The van der Waals surface area contributed by atoms with Gasteiger partial charge in [0, 0.05) is 5.39 Å². The Morgan fingerprint density at radius 2 is 2.27 bits per heavy atom. The fraction of sp³-hybridized carbons (Fsp3) is 0. The van der Waals surface area contributed by atoms with Crippen molar-refractivity contribution < 1.29 is 4.39 Å². The summed E-state index contributed by atoms with van der Waals surface area (Å²) in [5.74, 6) is -0.298. The average molecular weight is 262 g/mol. The van der Waals surface area contributed by atoms with Crippen LogP contribution in [0.15, 0.2) is 18.3 Å². The molecule has 0 aliphatic carbocycles. The number of fused-ring (bicyclic) bond motifs is 1. The lowest BCUT2D eigenvalue weighted by Crippen LogP contribution is -1.78. The van der Waals surface area contributed by atoms with Gasteiger partial charge in [0.25, 0.3) is 0 Å². The van der Waals surface area contributed by atoms with E-state index in [9.17, 15) is 4.39 Å². The zero-order chi connectivity index (χ0) is 7.84. The molecule has 0 aromatic carbocycles. The summed E-state index contributed by atoms with van der Waals surface area (Å²) in [6.07, 6.45) is 1.20. The number of nitrogens with one attached hydrogen (secondary N) is 1. The highest BCUT2D eigenvalue weighted by molar-refractivity contribution is 14.1. The zero-order valence-electron chi connectivity index (χ0n) is 5.44. The van der Waals surface area contributed by atoms with E-state index in [1.54, 1.807) is 0 Å². The van der Waals surface area contributed by atoms with Crippen LogP contribution >= 0.6 is 22.6 Å². The van der Waals surface area contributed by atoms with Gasteiger partial charge in [0.1, 0.15) is 11.5 Å². The van der Waals surface area contributed by atoms with Gasteiger partial charge in [-0.15, -0.1) is 0 Å². The number of pyridine rings is 1. The van der Waals surface area contributed by atoms with Gasteiger partial charge in [0.2, 0.25) is 0 Å². The Kier molecular flexibility index (Phi) is 1.56. The quantitative estimate of drug-likeness (QED) is 0.725. The molecule has 0 unspecified atom stereocenters. The molecule has 2 heterocycles. The lowest BCUT2D eigenvalue weighted by molar-refractivity contribution is 0.624. The molecule has 4 heteroatoms. The van der Waals surface area contributed by atoms with Crippen LogP contribution in [0.2, 0.25) is 0 Å². The number of hydrogen-bond acceptors (Lipinski definition) is 1. The van der Waals surface area contributed by atoms with Gasteiger partial charge in [-0.1, -0.05) is 0 Å². The van der Waals surface area contributed by atoms with Gasteiger partial charge in [-0.3, -0.25) is 0 Å².